The van der Waals surface area contributed by atoms with Crippen LogP contribution in [0.25, 0.3) is 0 Å². The number of rotatable bonds is 10. The highest BCUT2D eigenvalue weighted by molar-refractivity contribution is 7.89. The summed E-state index contributed by atoms with van der Waals surface area (Å²) in [6, 6.07) is 14.5. The molecule has 0 bridgehead atoms. The van der Waals surface area contributed by atoms with Crippen molar-refractivity contribution in [2.75, 3.05) is 19.6 Å². The molecule has 3 rings (SSSR count). The molecule has 0 aliphatic heterocycles. The second kappa shape index (κ2) is 11.9. The van der Waals surface area contributed by atoms with Crippen LogP contribution in [0, 0.1) is 17.7 Å². The molecule has 1 aliphatic carbocycles. The first-order valence-electron chi connectivity index (χ1n) is 11.2. The standard InChI is InChI=1S/C24H30FN3O4S/c25-21-10-12-22(13-11-21)33(31,32)28-16-19-6-8-20(9-7-19)24(30)27-17-23(29)26-15-14-18-4-2-1-3-5-18/h1-5,10-13,19-20,28H,6-9,14-17H2,(H,26,29)(H,27,30). The molecule has 1 aliphatic rings. The lowest BCUT2D eigenvalue weighted by Crippen LogP contribution is -2.41. The van der Waals surface area contributed by atoms with E-state index in [0.29, 0.717) is 32.2 Å². The predicted octanol–water partition coefficient (Wildman–Crippen LogP) is 2.39. The minimum absolute atomic E-state index is 0.0269. The van der Waals surface area contributed by atoms with Crippen LogP contribution in [0.4, 0.5) is 4.39 Å². The summed E-state index contributed by atoms with van der Waals surface area (Å²) in [5.74, 6) is -0.894. The lowest BCUT2D eigenvalue weighted by atomic mass is 9.81. The van der Waals surface area contributed by atoms with E-state index in [2.05, 4.69) is 15.4 Å². The smallest absolute Gasteiger partial charge is 0.240 e. The van der Waals surface area contributed by atoms with Crippen LogP contribution < -0.4 is 15.4 Å². The van der Waals surface area contributed by atoms with E-state index in [1.165, 1.54) is 12.1 Å². The van der Waals surface area contributed by atoms with Crippen LogP contribution in [-0.4, -0.2) is 39.9 Å². The van der Waals surface area contributed by atoms with Gasteiger partial charge < -0.3 is 10.6 Å². The molecule has 0 spiro atoms. The molecule has 3 N–H and O–H groups in total. The molecule has 0 aromatic heterocycles. The zero-order chi connectivity index (χ0) is 23.7. The molecule has 1 saturated carbocycles. The van der Waals surface area contributed by atoms with Gasteiger partial charge in [0.2, 0.25) is 21.8 Å². The van der Waals surface area contributed by atoms with Crippen molar-refractivity contribution in [1.29, 1.82) is 0 Å². The Morgan fingerprint density at radius 2 is 1.58 bits per heavy atom. The van der Waals surface area contributed by atoms with Crippen LogP contribution >= 0.6 is 0 Å². The van der Waals surface area contributed by atoms with Crippen LogP contribution in [0.1, 0.15) is 31.2 Å². The monoisotopic (exact) mass is 475 g/mol. The molecule has 0 atom stereocenters. The number of carbonyl (C=O) groups excluding carboxylic acids is 2. The lowest BCUT2D eigenvalue weighted by Gasteiger charge is -2.27. The van der Waals surface area contributed by atoms with Crippen molar-refractivity contribution in [1.82, 2.24) is 15.4 Å². The summed E-state index contributed by atoms with van der Waals surface area (Å²) >= 11 is 0. The third-order valence-electron chi connectivity index (χ3n) is 5.91. The molecule has 2 aromatic carbocycles. The Hall–Kier alpha value is -2.78. The number of hydrogen-bond donors (Lipinski definition) is 3. The molecular weight excluding hydrogens is 445 g/mol. The molecule has 0 heterocycles. The third-order valence-corrected chi connectivity index (χ3v) is 7.34. The first-order chi connectivity index (χ1) is 15.8. The van der Waals surface area contributed by atoms with E-state index >= 15 is 0 Å². The van der Waals surface area contributed by atoms with Crippen molar-refractivity contribution in [3.05, 3.63) is 66.0 Å². The summed E-state index contributed by atoms with van der Waals surface area (Å²) in [5.41, 5.74) is 1.14. The first kappa shape index (κ1) is 24.9. The van der Waals surface area contributed by atoms with Crippen LogP contribution in [-0.2, 0) is 26.0 Å². The number of sulfonamides is 1. The normalized spacial score (nSPS) is 18.5. The lowest BCUT2D eigenvalue weighted by molar-refractivity contribution is -0.129. The van der Waals surface area contributed by atoms with Crippen LogP contribution in [0.2, 0.25) is 0 Å². The van der Waals surface area contributed by atoms with Gasteiger partial charge in [0, 0.05) is 19.0 Å². The maximum absolute atomic E-state index is 13.0. The summed E-state index contributed by atoms with van der Waals surface area (Å²) in [5, 5.41) is 5.51. The van der Waals surface area contributed by atoms with Crippen LogP contribution in [0.3, 0.4) is 0 Å². The fourth-order valence-electron chi connectivity index (χ4n) is 3.92. The summed E-state index contributed by atoms with van der Waals surface area (Å²) in [6.45, 7) is 0.737. The average Bonchev–Trinajstić information content (AvgIpc) is 2.82. The van der Waals surface area contributed by atoms with E-state index < -0.39 is 15.8 Å². The Kier molecular flexibility index (Phi) is 8.96. The van der Waals surface area contributed by atoms with Gasteiger partial charge >= 0.3 is 0 Å². The van der Waals surface area contributed by atoms with Crippen molar-refractivity contribution in [3.63, 3.8) is 0 Å². The van der Waals surface area contributed by atoms with Crippen LogP contribution in [0.5, 0.6) is 0 Å². The second-order valence-electron chi connectivity index (χ2n) is 8.33. The highest BCUT2D eigenvalue weighted by Gasteiger charge is 2.27. The van der Waals surface area contributed by atoms with E-state index in [9.17, 15) is 22.4 Å². The predicted molar refractivity (Wildman–Crippen MR) is 123 cm³/mol. The fourth-order valence-corrected chi connectivity index (χ4v) is 5.03. The molecule has 33 heavy (non-hydrogen) atoms. The van der Waals surface area contributed by atoms with Crippen LogP contribution in [0.15, 0.2) is 59.5 Å². The van der Waals surface area contributed by atoms with E-state index in [0.717, 1.165) is 24.1 Å². The highest BCUT2D eigenvalue weighted by atomic mass is 32.2. The molecule has 1 fully saturated rings. The van der Waals surface area contributed by atoms with Gasteiger partial charge in [0.05, 0.1) is 11.4 Å². The van der Waals surface area contributed by atoms with Gasteiger partial charge in [0.15, 0.2) is 0 Å². The van der Waals surface area contributed by atoms with Crippen molar-refractivity contribution < 1.29 is 22.4 Å². The maximum atomic E-state index is 13.0. The largest absolute Gasteiger partial charge is 0.354 e. The highest BCUT2D eigenvalue weighted by Crippen LogP contribution is 2.28. The number of benzene rings is 2. The number of hydrogen-bond acceptors (Lipinski definition) is 4. The number of halogens is 1. The average molecular weight is 476 g/mol. The van der Waals surface area contributed by atoms with Gasteiger partial charge in [-0.3, -0.25) is 9.59 Å². The molecule has 9 heteroatoms. The molecule has 0 radical (unpaired) electrons. The van der Waals surface area contributed by atoms with E-state index in [-0.39, 0.29) is 41.6 Å². The van der Waals surface area contributed by atoms with Crippen molar-refractivity contribution >= 4 is 21.8 Å². The molecule has 178 valence electrons. The molecule has 0 unspecified atom stereocenters. The molecule has 0 saturated heterocycles. The molecule has 7 nitrogen and oxygen atoms in total. The zero-order valence-corrected chi connectivity index (χ0v) is 19.2. The van der Waals surface area contributed by atoms with Crippen molar-refractivity contribution in [2.45, 2.75) is 37.0 Å². The van der Waals surface area contributed by atoms with E-state index in [1.54, 1.807) is 0 Å². The zero-order valence-electron chi connectivity index (χ0n) is 18.4. The SMILES string of the molecule is O=C(CNC(=O)C1CCC(CNS(=O)(=O)c2ccc(F)cc2)CC1)NCCc1ccccc1. The van der Waals surface area contributed by atoms with Gasteiger partial charge in [-0.15, -0.1) is 0 Å². The Morgan fingerprint density at radius 3 is 2.24 bits per heavy atom. The van der Waals surface area contributed by atoms with Gasteiger partial charge in [-0.1, -0.05) is 30.3 Å². The Morgan fingerprint density at radius 1 is 0.909 bits per heavy atom. The third kappa shape index (κ3) is 7.94. The summed E-state index contributed by atoms with van der Waals surface area (Å²) in [4.78, 5) is 24.4. The fraction of sp³-hybridized carbons (Fsp3) is 0.417. The van der Waals surface area contributed by atoms with Gasteiger partial charge in [0.25, 0.3) is 0 Å². The topological polar surface area (TPSA) is 104 Å². The van der Waals surface area contributed by atoms with Gasteiger partial charge in [0.1, 0.15) is 5.82 Å². The molecular formula is C24H30FN3O4S. The number of nitrogens with one attached hydrogen (secondary N) is 3. The summed E-state index contributed by atoms with van der Waals surface area (Å²) in [6.07, 6.45) is 3.45. The van der Waals surface area contributed by atoms with Gasteiger partial charge in [-0.25, -0.2) is 17.5 Å². The Bertz CT molecular complexity index is 1020. The number of amides is 2. The van der Waals surface area contributed by atoms with Gasteiger partial charge in [-0.05, 0) is 67.9 Å². The first-order valence-corrected chi connectivity index (χ1v) is 12.7. The quantitative estimate of drug-likeness (QED) is 0.491. The summed E-state index contributed by atoms with van der Waals surface area (Å²) in [7, 11) is -3.69. The minimum atomic E-state index is -3.69. The summed E-state index contributed by atoms with van der Waals surface area (Å²) < 4.78 is 40.2. The molecule has 2 amide bonds. The maximum Gasteiger partial charge on any atom is 0.240 e. The Labute approximate surface area is 194 Å². The van der Waals surface area contributed by atoms with Gasteiger partial charge in [-0.2, -0.15) is 0 Å². The minimum Gasteiger partial charge on any atom is -0.354 e. The number of carbonyl (C=O) groups is 2. The van der Waals surface area contributed by atoms with E-state index in [4.69, 9.17) is 0 Å². The van der Waals surface area contributed by atoms with E-state index in [1.807, 2.05) is 30.3 Å². The molecule has 2 aromatic rings. The van der Waals surface area contributed by atoms with Crippen molar-refractivity contribution in [2.24, 2.45) is 11.8 Å². The van der Waals surface area contributed by atoms with Crippen molar-refractivity contribution in [3.8, 4) is 0 Å². The second-order valence-corrected chi connectivity index (χ2v) is 10.1. The Balaban J connectivity index is 1.32.